The maximum absolute atomic E-state index is 12.5. The third kappa shape index (κ3) is 3.73. The molecular weight excluding hydrogens is 279 g/mol. The summed E-state index contributed by atoms with van der Waals surface area (Å²) in [7, 11) is 1.35. The number of pyridine rings is 1. The Morgan fingerprint density at radius 3 is 2.65 bits per heavy atom. The lowest BCUT2D eigenvalue weighted by Crippen LogP contribution is -2.41. The molecule has 0 fully saturated rings. The molecule has 0 aliphatic rings. The smallest absolute Gasteiger partial charge is 0.394 e. The summed E-state index contributed by atoms with van der Waals surface area (Å²) in [5.41, 5.74) is -2.44. The zero-order chi connectivity index (χ0) is 15.5. The van der Waals surface area contributed by atoms with Gasteiger partial charge in [0.1, 0.15) is 5.69 Å². The van der Waals surface area contributed by atoms with Crippen molar-refractivity contribution in [1.29, 1.82) is 0 Å². The third-order valence-corrected chi connectivity index (χ3v) is 2.72. The average molecular weight is 293 g/mol. The van der Waals surface area contributed by atoms with Crippen LogP contribution in [-0.2, 0) is 6.18 Å². The molecule has 3 N–H and O–H groups in total. The highest BCUT2D eigenvalue weighted by Crippen LogP contribution is 2.29. The number of hydrogen-bond donors (Lipinski definition) is 3. The van der Waals surface area contributed by atoms with Crippen molar-refractivity contribution in [3.05, 3.63) is 28.2 Å². The van der Waals surface area contributed by atoms with E-state index >= 15 is 0 Å². The van der Waals surface area contributed by atoms with Crippen molar-refractivity contribution in [2.75, 3.05) is 19.0 Å². The van der Waals surface area contributed by atoms with Crippen LogP contribution >= 0.6 is 0 Å². The Hall–Kier alpha value is -2.03. The van der Waals surface area contributed by atoms with E-state index in [0.29, 0.717) is 12.3 Å². The SMILES string of the molecule is CC(CO)N(C)C(=O)Nc1cc(C(F)(F)F)c[nH]c1=O. The Morgan fingerprint density at radius 2 is 2.15 bits per heavy atom. The number of nitrogens with zero attached hydrogens (tertiary/aromatic N) is 1. The van der Waals surface area contributed by atoms with Gasteiger partial charge in [-0.3, -0.25) is 4.79 Å². The van der Waals surface area contributed by atoms with Crippen LogP contribution in [0.1, 0.15) is 12.5 Å². The number of likely N-dealkylation sites (N-methyl/N-ethyl adjacent to an activating group) is 1. The molecule has 1 aromatic heterocycles. The Morgan fingerprint density at radius 1 is 1.55 bits per heavy atom. The van der Waals surface area contributed by atoms with E-state index in [1.54, 1.807) is 0 Å². The van der Waals surface area contributed by atoms with Crippen LogP contribution in [0.3, 0.4) is 0 Å². The molecule has 1 heterocycles. The van der Waals surface area contributed by atoms with Gasteiger partial charge in [-0.2, -0.15) is 13.2 Å². The van der Waals surface area contributed by atoms with Gasteiger partial charge in [0, 0.05) is 13.2 Å². The minimum Gasteiger partial charge on any atom is -0.394 e. The first kappa shape index (κ1) is 16.0. The molecule has 6 nitrogen and oxygen atoms in total. The summed E-state index contributed by atoms with van der Waals surface area (Å²) in [6, 6.07) is -0.787. The molecule has 20 heavy (non-hydrogen) atoms. The number of H-pyrrole nitrogens is 1. The van der Waals surface area contributed by atoms with Gasteiger partial charge in [-0.15, -0.1) is 0 Å². The molecule has 0 saturated carbocycles. The van der Waals surface area contributed by atoms with Gasteiger partial charge in [-0.05, 0) is 13.0 Å². The number of aromatic nitrogens is 1. The van der Waals surface area contributed by atoms with E-state index in [9.17, 15) is 22.8 Å². The fraction of sp³-hybridized carbons (Fsp3) is 0.455. The van der Waals surface area contributed by atoms with E-state index < -0.39 is 35.1 Å². The van der Waals surface area contributed by atoms with E-state index in [0.717, 1.165) is 4.90 Å². The summed E-state index contributed by atoms with van der Waals surface area (Å²) in [5, 5.41) is 11.0. The van der Waals surface area contributed by atoms with Crippen LogP contribution < -0.4 is 10.9 Å². The van der Waals surface area contributed by atoms with Gasteiger partial charge in [0.05, 0.1) is 18.2 Å². The first-order valence-corrected chi connectivity index (χ1v) is 5.61. The second kappa shape index (κ2) is 5.95. The Kier molecular flexibility index (Phi) is 4.77. The lowest BCUT2D eigenvalue weighted by molar-refractivity contribution is -0.137. The van der Waals surface area contributed by atoms with Gasteiger partial charge in [-0.25, -0.2) is 4.79 Å². The molecule has 0 aromatic carbocycles. The number of carbonyl (C=O) groups is 1. The van der Waals surface area contributed by atoms with Crippen molar-refractivity contribution in [2.24, 2.45) is 0 Å². The predicted octanol–water partition coefficient (Wildman–Crippen LogP) is 1.24. The van der Waals surface area contributed by atoms with Crippen LogP contribution in [0.2, 0.25) is 0 Å². The van der Waals surface area contributed by atoms with Crippen LogP contribution in [0.25, 0.3) is 0 Å². The number of anilines is 1. The van der Waals surface area contributed by atoms with Gasteiger partial charge in [0.25, 0.3) is 5.56 Å². The van der Waals surface area contributed by atoms with Crippen LogP contribution in [-0.4, -0.2) is 40.7 Å². The van der Waals surface area contributed by atoms with Crippen molar-refractivity contribution >= 4 is 11.7 Å². The van der Waals surface area contributed by atoms with Gasteiger partial charge in [-0.1, -0.05) is 0 Å². The number of amides is 2. The molecular formula is C11H14F3N3O3. The van der Waals surface area contributed by atoms with E-state index in [4.69, 9.17) is 5.11 Å². The highest BCUT2D eigenvalue weighted by Gasteiger charge is 2.31. The lowest BCUT2D eigenvalue weighted by Gasteiger charge is -2.23. The first-order chi connectivity index (χ1) is 9.16. The number of urea groups is 1. The molecule has 0 aliphatic heterocycles. The van der Waals surface area contributed by atoms with Crippen molar-refractivity contribution in [3.63, 3.8) is 0 Å². The summed E-state index contributed by atoms with van der Waals surface area (Å²) in [5.74, 6) is 0. The van der Waals surface area contributed by atoms with Crippen molar-refractivity contribution in [2.45, 2.75) is 19.1 Å². The normalized spacial score (nSPS) is 12.9. The summed E-state index contributed by atoms with van der Waals surface area (Å²) < 4.78 is 37.5. The monoisotopic (exact) mass is 293 g/mol. The maximum atomic E-state index is 12.5. The minimum atomic E-state index is -4.63. The van der Waals surface area contributed by atoms with Crippen LogP contribution in [0.15, 0.2) is 17.1 Å². The number of aliphatic hydroxyl groups is 1. The third-order valence-electron chi connectivity index (χ3n) is 2.72. The summed E-state index contributed by atoms with van der Waals surface area (Å²) in [6.45, 7) is 1.22. The van der Waals surface area contributed by atoms with E-state index in [2.05, 4.69) is 5.32 Å². The highest BCUT2D eigenvalue weighted by atomic mass is 19.4. The number of halogens is 3. The Labute approximate surface area is 112 Å². The molecule has 1 unspecified atom stereocenters. The molecule has 0 saturated heterocycles. The van der Waals surface area contributed by atoms with Gasteiger partial charge in [0.15, 0.2) is 0 Å². The molecule has 0 spiro atoms. The first-order valence-electron chi connectivity index (χ1n) is 5.61. The quantitative estimate of drug-likeness (QED) is 0.783. The lowest BCUT2D eigenvalue weighted by atomic mass is 10.2. The molecule has 1 aromatic rings. The molecule has 9 heteroatoms. The van der Waals surface area contributed by atoms with Gasteiger partial charge in [0.2, 0.25) is 0 Å². The van der Waals surface area contributed by atoms with Gasteiger partial charge < -0.3 is 20.3 Å². The summed E-state index contributed by atoms with van der Waals surface area (Å²) in [6.07, 6.45) is -4.11. The van der Waals surface area contributed by atoms with Crippen molar-refractivity contribution < 1.29 is 23.1 Å². The zero-order valence-electron chi connectivity index (χ0n) is 10.8. The minimum absolute atomic E-state index is 0.317. The summed E-state index contributed by atoms with van der Waals surface area (Å²) >= 11 is 0. The maximum Gasteiger partial charge on any atom is 0.417 e. The number of hydrogen-bond acceptors (Lipinski definition) is 3. The molecule has 0 aliphatic carbocycles. The zero-order valence-corrected chi connectivity index (χ0v) is 10.8. The fourth-order valence-corrected chi connectivity index (χ4v) is 1.27. The number of nitrogens with one attached hydrogen (secondary N) is 2. The number of aromatic amines is 1. The van der Waals surface area contributed by atoms with Crippen LogP contribution in [0.5, 0.6) is 0 Å². The van der Waals surface area contributed by atoms with Crippen molar-refractivity contribution in [3.8, 4) is 0 Å². The molecule has 1 atom stereocenters. The number of carbonyl (C=O) groups excluding carboxylic acids is 1. The van der Waals surface area contributed by atoms with Gasteiger partial charge >= 0.3 is 12.2 Å². The average Bonchev–Trinajstić information content (AvgIpc) is 2.38. The second-order valence-corrected chi connectivity index (χ2v) is 4.20. The Balaban J connectivity index is 2.98. The molecule has 0 radical (unpaired) electrons. The standard InChI is InChI=1S/C11H14F3N3O3/c1-6(5-18)17(2)10(20)16-8-3-7(11(12,13)14)4-15-9(8)19/h3-4,6,18H,5H2,1-2H3,(H,15,19)(H,16,20). The van der Waals surface area contributed by atoms with E-state index in [-0.39, 0.29) is 6.61 Å². The largest absolute Gasteiger partial charge is 0.417 e. The number of rotatable bonds is 3. The second-order valence-electron chi connectivity index (χ2n) is 4.20. The molecule has 0 bridgehead atoms. The number of alkyl halides is 3. The van der Waals surface area contributed by atoms with E-state index in [1.807, 2.05) is 4.98 Å². The van der Waals surface area contributed by atoms with Crippen LogP contribution in [0.4, 0.5) is 23.7 Å². The topological polar surface area (TPSA) is 85.4 Å². The molecule has 112 valence electrons. The summed E-state index contributed by atoms with van der Waals surface area (Å²) in [4.78, 5) is 26.1. The molecule has 1 rings (SSSR count). The Bertz CT molecular complexity index is 542. The molecule has 2 amide bonds. The predicted molar refractivity (Wildman–Crippen MR) is 65.4 cm³/mol. The number of aliphatic hydroxyl groups excluding tert-OH is 1. The fourth-order valence-electron chi connectivity index (χ4n) is 1.27. The van der Waals surface area contributed by atoms with E-state index in [1.165, 1.54) is 14.0 Å². The van der Waals surface area contributed by atoms with Crippen LogP contribution in [0, 0.1) is 0 Å². The highest BCUT2D eigenvalue weighted by molar-refractivity contribution is 5.89. The van der Waals surface area contributed by atoms with Crippen molar-refractivity contribution in [1.82, 2.24) is 9.88 Å².